The Kier molecular flexibility index (Phi) is 7.57. The van der Waals surface area contributed by atoms with Crippen LogP contribution in [0.1, 0.15) is 33.3 Å². The first-order valence-corrected chi connectivity index (χ1v) is 12.7. The maximum atomic E-state index is 13.1. The fourth-order valence-corrected chi connectivity index (χ4v) is 5.36. The van der Waals surface area contributed by atoms with Gasteiger partial charge in [0.1, 0.15) is 0 Å². The number of carbonyl (C=O) groups is 1. The fraction of sp³-hybridized carbons (Fsp3) is 0.435. The number of sulfonamides is 1. The number of nitrogens with zero attached hydrogens (tertiary/aromatic N) is 2. The van der Waals surface area contributed by atoms with Gasteiger partial charge in [-0.25, -0.2) is 8.42 Å². The van der Waals surface area contributed by atoms with Crippen LogP contribution >= 0.6 is 23.2 Å². The molecule has 1 aliphatic heterocycles. The van der Waals surface area contributed by atoms with Crippen molar-refractivity contribution >= 4 is 44.8 Å². The highest BCUT2D eigenvalue weighted by Crippen LogP contribution is 2.27. The van der Waals surface area contributed by atoms with Crippen LogP contribution in [-0.2, 0) is 20.2 Å². The van der Waals surface area contributed by atoms with Gasteiger partial charge in [-0.1, -0.05) is 56.1 Å². The van der Waals surface area contributed by atoms with Gasteiger partial charge in [0.2, 0.25) is 15.9 Å². The van der Waals surface area contributed by atoms with Gasteiger partial charge in [-0.3, -0.25) is 9.69 Å². The molecule has 1 N–H and O–H groups in total. The molecule has 2 aromatic carbocycles. The summed E-state index contributed by atoms with van der Waals surface area (Å²) in [5.41, 5.74) is 1.50. The second-order valence-electron chi connectivity index (χ2n) is 9.00. The molecule has 1 heterocycles. The molecule has 0 aromatic heterocycles. The van der Waals surface area contributed by atoms with E-state index in [2.05, 4.69) is 26.1 Å². The molecule has 0 aliphatic carbocycles. The Morgan fingerprint density at radius 1 is 1.00 bits per heavy atom. The number of benzene rings is 2. The van der Waals surface area contributed by atoms with Crippen molar-refractivity contribution in [3.05, 3.63) is 58.1 Å². The van der Waals surface area contributed by atoms with Crippen LogP contribution in [0.3, 0.4) is 0 Å². The lowest BCUT2D eigenvalue weighted by Crippen LogP contribution is -2.53. The molecule has 0 radical (unpaired) electrons. The Morgan fingerprint density at radius 3 is 2.16 bits per heavy atom. The molecule has 2 aromatic rings. The van der Waals surface area contributed by atoms with Crippen LogP contribution in [0.25, 0.3) is 0 Å². The van der Waals surface area contributed by atoms with Gasteiger partial charge in [0, 0.05) is 31.2 Å². The molecule has 9 heteroatoms. The average Bonchev–Trinajstić information content (AvgIpc) is 2.75. The number of amides is 1. The molecular weight excluding hydrogens is 469 g/mol. The molecule has 1 atom stereocenters. The summed E-state index contributed by atoms with van der Waals surface area (Å²) < 4.78 is 27.6. The number of carbonyl (C=O) groups excluding carboxylic acids is 1. The fourth-order valence-electron chi connectivity index (χ4n) is 3.60. The van der Waals surface area contributed by atoms with Crippen LogP contribution in [0.5, 0.6) is 0 Å². The number of hydrogen-bond donors (Lipinski definition) is 1. The second-order valence-corrected chi connectivity index (χ2v) is 11.8. The standard InChI is InChI=1S/C23H29Cl2N3O3S/c1-16(22(29)26-21-15-18(24)7-10-20(21)25)27-11-13-28(14-12-27)32(30,31)19-8-5-17(6-9-19)23(2,3)4/h5-10,15-16H,11-14H2,1-4H3,(H,26,29)/t16-/m0/s1. The van der Waals surface area contributed by atoms with Crippen molar-refractivity contribution in [2.24, 2.45) is 0 Å². The highest BCUT2D eigenvalue weighted by atomic mass is 35.5. The van der Waals surface area contributed by atoms with Crippen molar-refractivity contribution in [1.82, 2.24) is 9.21 Å². The molecule has 1 amide bonds. The molecule has 1 fully saturated rings. The number of hydrogen-bond acceptors (Lipinski definition) is 4. The second kappa shape index (κ2) is 9.69. The molecule has 0 unspecified atom stereocenters. The van der Waals surface area contributed by atoms with E-state index in [9.17, 15) is 13.2 Å². The van der Waals surface area contributed by atoms with Gasteiger partial charge in [0.25, 0.3) is 0 Å². The van der Waals surface area contributed by atoms with Crippen LogP contribution in [-0.4, -0.2) is 55.8 Å². The van der Waals surface area contributed by atoms with Crippen LogP contribution in [0.4, 0.5) is 5.69 Å². The van der Waals surface area contributed by atoms with Gasteiger partial charge >= 0.3 is 0 Å². The van der Waals surface area contributed by atoms with E-state index in [4.69, 9.17) is 23.2 Å². The van der Waals surface area contributed by atoms with Crippen molar-refractivity contribution in [2.75, 3.05) is 31.5 Å². The van der Waals surface area contributed by atoms with Gasteiger partial charge in [0.15, 0.2) is 0 Å². The molecule has 0 saturated carbocycles. The Bertz CT molecular complexity index is 1070. The van der Waals surface area contributed by atoms with Crippen LogP contribution in [0.15, 0.2) is 47.4 Å². The van der Waals surface area contributed by atoms with Crippen LogP contribution in [0, 0.1) is 0 Å². The summed E-state index contributed by atoms with van der Waals surface area (Å²) in [5.74, 6) is -0.219. The summed E-state index contributed by atoms with van der Waals surface area (Å²) in [6.07, 6.45) is 0. The van der Waals surface area contributed by atoms with Crippen molar-refractivity contribution in [3.63, 3.8) is 0 Å². The maximum Gasteiger partial charge on any atom is 0.243 e. The Labute approximate surface area is 200 Å². The van der Waals surface area contributed by atoms with E-state index in [1.54, 1.807) is 37.3 Å². The predicted molar refractivity (Wildman–Crippen MR) is 130 cm³/mol. The van der Waals surface area contributed by atoms with Crippen LogP contribution < -0.4 is 5.32 Å². The number of anilines is 1. The zero-order chi connectivity index (χ0) is 23.7. The molecule has 0 spiro atoms. The third-order valence-corrected chi connectivity index (χ3v) is 8.22. The summed E-state index contributed by atoms with van der Waals surface area (Å²) in [5, 5.41) is 3.69. The molecule has 32 heavy (non-hydrogen) atoms. The maximum absolute atomic E-state index is 13.1. The van der Waals surface area contributed by atoms with E-state index < -0.39 is 16.1 Å². The van der Waals surface area contributed by atoms with Crippen molar-refractivity contribution in [2.45, 2.75) is 44.0 Å². The average molecular weight is 498 g/mol. The quantitative estimate of drug-likeness (QED) is 0.653. The predicted octanol–water partition coefficient (Wildman–Crippen LogP) is 4.62. The van der Waals surface area contributed by atoms with Gasteiger partial charge in [-0.15, -0.1) is 0 Å². The van der Waals surface area contributed by atoms with Crippen molar-refractivity contribution in [3.8, 4) is 0 Å². The first kappa shape index (κ1) is 25.0. The minimum atomic E-state index is -3.58. The van der Waals surface area contributed by atoms with E-state index >= 15 is 0 Å². The number of halogens is 2. The van der Waals surface area contributed by atoms with Crippen molar-refractivity contribution in [1.29, 1.82) is 0 Å². The lowest BCUT2D eigenvalue weighted by molar-refractivity contribution is -0.121. The first-order valence-electron chi connectivity index (χ1n) is 10.5. The van der Waals surface area contributed by atoms with Gasteiger partial charge in [0.05, 0.1) is 21.6 Å². The van der Waals surface area contributed by atoms with E-state index in [0.29, 0.717) is 46.8 Å². The van der Waals surface area contributed by atoms with E-state index in [1.807, 2.05) is 17.0 Å². The molecule has 3 rings (SSSR count). The SMILES string of the molecule is C[C@@H](C(=O)Nc1cc(Cl)ccc1Cl)N1CCN(S(=O)(=O)c2ccc(C(C)(C)C)cc2)CC1. The van der Waals surface area contributed by atoms with Crippen LogP contribution in [0.2, 0.25) is 10.0 Å². The third kappa shape index (κ3) is 5.64. The lowest BCUT2D eigenvalue weighted by Gasteiger charge is -2.36. The third-order valence-electron chi connectivity index (χ3n) is 5.74. The van der Waals surface area contributed by atoms with Gasteiger partial charge in [-0.2, -0.15) is 4.31 Å². The van der Waals surface area contributed by atoms with E-state index in [1.165, 1.54) is 4.31 Å². The number of rotatable bonds is 5. The largest absolute Gasteiger partial charge is 0.323 e. The molecule has 6 nitrogen and oxygen atoms in total. The monoisotopic (exact) mass is 497 g/mol. The smallest absolute Gasteiger partial charge is 0.243 e. The number of nitrogens with one attached hydrogen (secondary N) is 1. The van der Waals surface area contributed by atoms with Crippen molar-refractivity contribution < 1.29 is 13.2 Å². The Hall–Kier alpha value is -1.64. The highest BCUT2D eigenvalue weighted by Gasteiger charge is 2.32. The topological polar surface area (TPSA) is 69.7 Å². The molecule has 1 aliphatic rings. The van der Waals surface area contributed by atoms with E-state index in [0.717, 1.165) is 5.56 Å². The number of piperazine rings is 1. The minimum Gasteiger partial charge on any atom is -0.323 e. The Morgan fingerprint density at radius 2 is 1.59 bits per heavy atom. The first-order chi connectivity index (χ1) is 14.9. The minimum absolute atomic E-state index is 0.0417. The normalized spacial score (nSPS) is 17.2. The molecule has 1 saturated heterocycles. The molecule has 0 bridgehead atoms. The highest BCUT2D eigenvalue weighted by molar-refractivity contribution is 7.89. The molecular formula is C23H29Cl2N3O3S. The summed E-state index contributed by atoms with van der Waals surface area (Å²) in [6.45, 7) is 9.61. The van der Waals surface area contributed by atoms with Gasteiger partial charge in [-0.05, 0) is 48.2 Å². The summed E-state index contributed by atoms with van der Waals surface area (Å²) in [4.78, 5) is 15.0. The summed E-state index contributed by atoms with van der Waals surface area (Å²) in [7, 11) is -3.58. The zero-order valence-electron chi connectivity index (χ0n) is 18.7. The zero-order valence-corrected chi connectivity index (χ0v) is 21.1. The Balaban J connectivity index is 1.62. The molecule has 174 valence electrons. The lowest BCUT2D eigenvalue weighted by atomic mass is 9.87. The summed E-state index contributed by atoms with van der Waals surface area (Å²) >= 11 is 12.1. The summed E-state index contributed by atoms with van der Waals surface area (Å²) in [6, 6.07) is 11.5. The van der Waals surface area contributed by atoms with Gasteiger partial charge < -0.3 is 5.32 Å². The van der Waals surface area contributed by atoms with E-state index in [-0.39, 0.29) is 11.3 Å².